The lowest BCUT2D eigenvalue weighted by Crippen LogP contribution is -2.43. The minimum Gasteiger partial charge on any atom is -0.364 e. The number of rotatable bonds is 5. The van der Waals surface area contributed by atoms with Crippen molar-refractivity contribution in [3.8, 4) is 0 Å². The fourth-order valence-electron chi connectivity index (χ4n) is 2.71. The third-order valence-electron chi connectivity index (χ3n) is 3.92. The van der Waals surface area contributed by atoms with E-state index in [9.17, 15) is 4.79 Å². The highest BCUT2D eigenvalue weighted by Gasteiger charge is 2.27. The van der Waals surface area contributed by atoms with Crippen molar-refractivity contribution in [3.05, 3.63) is 18.0 Å². The lowest BCUT2D eigenvalue weighted by molar-refractivity contribution is -0.130. The Morgan fingerprint density at radius 1 is 1.53 bits per heavy atom. The highest BCUT2D eigenvalue weighted by atomic mass is 32.2. The van der Waals surface area contributed by atoms with Crippen molar-refractivity contribution >= 4 is 17.7 Å². The molecule has 0 bridgehead atoms. The Kier molecular flexibility index (Phi) is 5.31. The molecule has 0 radical (unpaired) electrons. The molecule has 0 N–H and O–H groups in total. The normalized spacial score (nSPS) is 23.3. The predicted molar refractivity (Wildman–Crippen MR) is 76.9 cm³/mol. The first-order chi connectivity index (χ1) is 9.18. The van der Waals surface area contributed by atoms with Crippen molar-refractivity contribution in [1.29, 1.82) is 0 Å². The van der Waals surface area contributed by atoms with E-state index in [1.54, 1.807) is 18.0 Å². The van der Waals surface area contributed by atoms with E-state index in [4.69, 9.17) is 4.52 Å². The SMILES string of the molecule is CC1CCCCC1N(C)C(=O)CSCc1ccon1. The molecule has 1 aromatic heterocycles. The molecule has 2 unspecified atom stereocenters. The van der Waals surface area contributed by atoms with Gasteiger partial charge in [-0.3, -0.25) is 4.79 Å². The van der Waals surface area contributed by atoms with Gasteiger partial charge >= 0.3 is 0 Å². The van der Waals surface area contributed by atoms with Gasteiger partial charge in [0.05, 0.1) is 11.4 Å². The second-order valence-electron chi connectivity index (χ2n) is 5.32. The molecule has 2 rings (SSSR count). The van der Waals surface area contributed by atoms with Gasteiger partial charge in [0.2, 0.25) is 5.91 Å². The molecule has 0 saturated heterocycles. The first kappa shape index (κ1) is 14.4. The fourth-order valence-corrected chi connectivity index (χ4v) is 3.55. The van der Waals surface area contributed by atoms with Crippen LogP contribution in [0.15, 0.2) is 16.9 Å². The predicted octanol–water partition coefficient (Wildman–Crippen LogP) is 2.94. The number of aromatic nitrogens is 1. The van der Waals surface area contributed by atoms with Gasteiger partial charge in [-0.1, -0.05) is 24.9 Å². The molecule has 0 aromatic carbocycles. The molecule has 5 heteroatoms. The van der Waals surface area contributed by atoms with Crippen molar-refractivity contribution in [2.75, 3.05) is 12.8 Å². The van der Waals surface area contributed by atoms with Crippen molar-refractivity contribution in [1.82, 2.24) is 10.1 Å². The Hall–Kier alpha value is -0.970. The Balaban J connectivity index is 1.75. The minimum absolute atomic E-state index is 0.229. The van der Waals surface area contributed by atoms with E-state index >= 15 is 0 Å². The quantitative estimate of drug-likeness (QED) is 0.833. The lowest BCUT2D eigenvalue weighted by atomic mass is 9.85. The third kappa shape index (κ3) is 4.00. The van der Waals surface area contributed by atoms with Crippen LogP contribution < -0.4 is 0 Å². The topological polar surface area (TPSA) is 46.3 Å². The van der Waals surface area contributed by atoms with Gasteiger partial charge in [0.15, 0.2) is 0 Å². The highest BCUT2D eigenvalue weighted by molar-refractivity contribution is 7.99. The molecule has 1 saturated carbocycles. The van der Waals surface area contributed by atoms with E-state index in [1.165, 1.54) is 19.3 Å². The molecule has 106 valence electrons. The van der Waals surface area contributed by atoms with E-state index in [-0.39, 0.29) is 5.91 Å². The molecule has 1 amide bonds. The number of carbonyl (C=O) groups excluding carboxylic acids is 1. The van der Waals surface area contributed by atoms with Crippen LogP contribution in [-0.2, 0) is 10.5 Å². The summed E-state index contributed by atoms with van der Waals surface area (Å²) in [6, 6.07) is 2.26. The van der Waals surface area contributed by atoms with E-state index in [1.807, 2.05) is 18.0 Å². The summed E-state index contributed by atoms with van der Waals surface area (Å²) in [5.41, 5.74) is 0.895. The van der Waals surface area contributed by atoms with Crippen molar-refractivity contribution in [3.63, 3.8) is 0 Å². The van der Waals surface area contributed by atoms with E-state index in [2.05, 4.69) is 12.1 Å². The van der Waals surface area contributed by atoms with Crippen molar-refractivity contribution < 1.29 is 9.32 Å². The highest BCUT2D eigenvalue weighted by Crippen LogP contribution is 2.27. The van der Waals surface area contributed by atoms with Crippen molar-refractivity contribution in [2.24, 2.45) is 5.92 Å². The van der Waals surface area contributed by atoms with Crippen molar-refractivity contribution in [2.45, 2.75) is 44.4 Å². The molecule has 0 spiro atoms. The van der Waals surface area contributed by atoms with Crippen LogP contribution in [0.1, 0.15) is 38.3 Å². The average molecular weight is 282 g/mol. The van der Waals surface area contributed by atoms with Crippen LogP contribution in [0.25, 0.3) is 0 Å². The Morgan fingerprint density at radius 2 is 2.32 bits per heavy atom. The largest absolute Gasteiger partial charge is 0.364 e. The van der Waals surface area contributed by atoms with Crippen LogP contribution in [0, 0.1) is 5.92 Å². The van der Waals surface area contributed by atoms with Gasteiger partial charge in [0.25, 0.3) is 0 Å². The second kappa shape index (κ2) is 6.98. The fraction of sp³-hybridized carbons (Fsp3) is 0.714. The zero-order valence-electron chi connectivity index (χ0n) is 11.7. The van der Waals surface area contributed by atoms with Gasteiger partial charge in [-0.25, -0.2) is 0 Å². The van der Waals surface area contributed by atoms with Crippen LogP contribution in [-0.4, -0.2) is 34.8 Å². The maximum atomic E-state index is 12.2. The average Bonchev–Trinajstić information content (AvgIpc) is 2.91. The van der Waals surface area contributed by atoms with Gasteiger partial charge in [0, 0.05) is 24.9 Å². The van der Waals surface area contributed by atoms with Gasteiger partial charge in [-0.05, 0) is 18.8 Å². The van der Waals surface area contributed by atoms with Crippen LogP contribution >= 0.6 is 11.8 Å². The molecular weight excluding hydrogens is 260 g/mol. The van der Waals surface area contributed by atoms with Crippen LogP contribution in [0.5, 0.6) is 0 Å². The molecule has 4 nitrogen and oxygen atoms in total. The number of amides is 1. The summed E-state index contributed by atoms with van der Waals surface area (Å²) < 4.78 is 4.77. The molecule has 1 aliphatic carbocycles. The standard InChI is InChI=1S/C14H22N2O2S/c1-11-5-3-4-6-13(11)16(2)14(17)10-19-9-12-7-8-18-15-12/h7-8,11,13H,3-6,9-10H2,1-2H3. The monoisotopic (exact) mass is 282 g/mol. The first-order valence-corrected chi connectivity index (χ1v) is 8.06. The number of nitrogens with zero attached hydrogens (tertiary/aromatic N) is 2. The molecule has 19 heavy (non-hydrogen) atoms. The summed E-state index contributed by atoms with van der Waals surface area (Å²) in [6.07, 6.45) is 6.51. The number of hydrogen-bond donors (Lipinski definition) is 0. The van der Waals surface area contributed by atoms with E-state index in [0.717, 1.165) is 17.9 Å². The van der Waals surface area contributed by atoms with Crippen LogP contribution in [0.2, 0.25) is 0 Å². The third-order valence-corrected chi connectivity index (χ3v) is 4.87. The molecule has 1 aromatic rings. The Bertz CT molecular complexity index is 394. The van der Waals surface area contributed by atoms with Gasteiger partial charge in [-0.15, -0.1) is 11.8 Å². The summed E-state index contributed by atoms with van der Waals surface area (Å²) >= 11 is 1.60. The zero-order chi connectivity index (χ0) is 13.7. The molecule has 1 fully saturated rings. The first-order valence-electron chi connectivity index (χ1n) is 6.91. The minimum atomic E-state index is 0.229. The molecule has 1 aliphatic rings. The number of hydrogen-bond acceptors (Lipinski definition) is 4. The summed E-state index contributed by atoms with van der Waals surface area (Å²) in [4.78, 5) is 14.1. The molecule has 2 atom stereocenters. The molecular formula is C14H22N2O2S. The number of carbonyl (C=O) groups is 1. The van der Waals surface area contributed by atoms with Crippen LogP contribution in [0.4, 0.5) is 0 Å². The summed E-state index contributed by atoms with van der Waals surface area (Å²) in [5, 5.41) is 3.84. The Morgan fingerprint density at radius 3 is 3.00 bits per heavy atom. The Labute approximate surface area is 118 Å². The smallest absolute Gasteiger partial charge is 0.232 e. The maximum absolute atomic E-state index is 12.2. The maximum Gasteiger partial charge on any atom is 0.232 e. The summed E-state index contributed by atoms with van der Waals surface area (Å²) in [7, 11) is 1.95. The molecule has 1 heterocycles. The van der Waals surface area contributed by atoms with Gasteiger partial charge in [0.1, 0.15) is 6.26 Å². The van der Waals surface area contributed by atoms with Gasteiger partial charge in [-0.2, -0.15) is 0 Å². The molecule has 0 aliphatic heterocycles. The van der Waals surface area contributed by atoms with E-state index < -0.39 is 0 Å². The zero-order valence-corrected chi connectivity index (χ0v) is 12.5. The summed E-state index contributed by atoms with van der Waals surface area (Å²) in [6.45, 7) is 2.26. The van der Waals surface area contributed by atoms with Gasteiger partial charge < -0.3 is 9.42 Å². The summed E-state index contributed by atoms with van der Waals surface area (Å²) in [5.74, 6) is 2.11. The van der Waals surface area contributed by atoms with Crippen LogP contribution in [0.3, 0.4) is 0 Å². The van der Waals surface area contributed by atoms with E-state index in [0.29, 0.717) is 17.7 Å². The second-order valence-corrected chi connectivity index (χ2v) is 6.30. The lowest BCUT2D eigenvalue weighted by Gasteiger charge is -2.36. The number of thioether (sulfide) groups is 1.